The monoisotopic (exact) mass is 290 g/mol. The number of hydrogen-bond acceptors (Lipinski definition) is 3. The van der Waals surface area contributed by atoms with E-state index in [1.54, 1.807) is 6.07 Å². The van der Waals surface area contributed by atoms with Gasteiger partial charge in [-0.25, -0.2) is 0 Å². The molecule has 2 aliphatic heterocycles. The number of ether oxygens (including phenoxy) is 1. The number of rotatable bonds is 2. The number of halogens is 1. The minimum atomic E-state index is -0.366. The number of fused-ring (bicyclic) bond motifs is 1. The minimum absolute atomic E-state index is 0.138. The average molecular weight is 291 g/mol. The molecule has 5 heteroatoms. The van der Waals surface area contributed by atoms with Gasteiger partial charge in [-0.1, -0.05) is 18.2 Å². The third-order valence-corrected chi connectivity index (χ3v) is 3.78. The van der Waals surface area contributed by atoms with E-state index < -0.39 is 0 Å². The van der Waals surface area contributed by atoms with Crippen LogP contribution >= 0.6 is 11.6 Å². The molecule has 1 amide bonds. The van der Waals surface area contributed by atoms with Crippen LogP contribution in [-0.2, 0) is 9.53 Å². The van der Waals surface area contributed by atoms with Gasteiger partial charge in [-0.05, 0) is 36.6 Å². The van der Waals surface area contributed by atoms with Crippen LogP contribution in [0, 0.1) is 0 Å². The lowest BCUT2D eigenvalue weighted by molar-refractivity contribution is -0.124. The average Bonchev–Trinajstić information content (AvgIpc) is 2.95. The third-order valence-electron chi connectivity index (χ3n) is 3.46. The molecule has 0 spiro atoms. The highest BCUT2D eigenvalue weighted by Crippen LogP contribution is 2.31. The predicted molar refractivity (Wildman–Crippen MR) is 80.3 cm³/mol. The first-order chi connectivity index (χ1) is 9.65. The summed E-state index contributed by atoms with van der Waals surface area (Å²) in [6.45, 7) is 4.56. The van der Waals surface area contributed by atoms with Crippen LogP contribution in [0.25, 0.3) is 11.8 Å². The molecule has 104 valence electrons. The van der Waals surface area contributed by atoms with Gasteiger partial charge in [0.05, 0.1) is 10.7 Å². The second kappa shape index (κ2) is 5.31. The first kappa shape index (κ1) is 13.2. The molecule has 0 bridgehead atoms. The quantitative estimate of drug-likeness (QED) is 0.880. The van der Waals surface area contributed by atoms with Crippen LogP contribution in [0.15, 0.2) is 24.9 Å². The zero-order valence-electron chi connectivity index (χ0n) is 10.9. The molecule has 2 N–H and O–H groups in total. The molecule has 4 nitrogen and oxygen atoms in total. The number of hydrogen-bond donors (Lipinski definition) is 2. The second-order valence-corrected chi connectivity index (χ2v) is 5.27. The van der Waals surface area contributed by atoms with E-state index in [1.165, 1.54) is 0 Å². The molecule has 0 radical (unpaired) electrons. The van der Waals surface area contributed by atoms with E-state index in [9.17, 15) is 4.79 Å². The highest BCUT2D eigenvalue weighted by atomic mass is 35.5. The Kier molecular flexibility index (Phi) is 3.51. The predicted octanol–water partition coefficient (Wildman–Crippen LogP) is 3.00. The van der Waals surface area contributed by atoms with Crippen LogP contribution in [-0.4, -0.2) is 18.6 Å². The standard InChI is InChI=1S/C15H15ClN2O2/c1-9-11-8-12(16)13(7-10(11)4-5-17-9)18-15(19)14-3-2-6-20-14/h4-5,7-8,14,17H,1-3,6H2,(H,18,19)/t14-/m0/s1. The van der Waals surface area contributed by atoms with Gasteiger partial charge in [-0.2, -0.15) is 0 Å². The highest BCUT2D eigenvalue weighted by Gasteiger charge is 2.24. The number of carbonyl (C=O) groups excluding carboxylic acids is 1. The second-order valence-electron chi connectivity index (χ2n) is 4.87. The summed E-state index contributed by atoms with van der Waals surface area (Å²) in [4.78, 5) is 12.1. The summed E-state index contributed by atoms with van der Waals surface area (Å²) in [5.41, 5.74) is 3.31. The normalized spacial score (nSPS) is 20.4. The molecular formula is C15H15ClN2O2. The molecule has 0 aliphatic carbocycles. The van der Waals surface area contributed by atoms with Gasteiger partial charge in [0.25, 0.3) is 5.91 Å². The van der Waals surface area contributed by atoms with Gasteiger partial charge < -0.3 is 15.4 Å². The van der Waals surface area contributed by atoms with E-state index in [4.69, 9.17) is 16.3 Å². The fourth-order valence-corrected chi connectivity index (χ4v) is 2.60. The van der Waals surface area contributed by atoms with Crippen molar-refractivity contribution in [3.8, 4) is 0 Å². The molecule has 1 aromatic carbocycles. The van der Waals surface area contributed by atoms with Crippen LogP contribution in [0.2, 0.25) is 5.02 Å². The van der Waals surface area contributed by atoms with Crippen LogP contribution < -0.4 is 10.6 Å². The van der Waals surface area contributed by atoms with Crippen molar-refractivity contribution >= 4 is 35.0 Å². The summed E-state index contributed by atoms with van der Waals surface area (Å²) in [6, 6.07) is 3.66. The Labute approximate surface area is 122 Å². The van der Waals surface area contributed by atoms with Gasteiger partial charge in [0, 0.05) is 24.1 Å². The number of anilines is 1. The molecule has 0 saturated carbocycles. The highest BCUT2D eigenvalue weighted by molar-refractivity contribution is 6.34. The molecule has 1 aromatic rings. The zero-order chi connectivity index (χ0) is 14.1. The molecule has 20 heavy (non-hydrogen) atoms. The maximum atomic E-state index is 12.1. The van der Waals surface area contributed by atoms with Gasteiger partial charge in [-0.3, -0.25) is 4.79 Å². The number of nitrogens with one attached hydrogen (secondary N) is 2. The molecule has 2 aliphatic rings. The van der Waals surface area contributed by atoms with Crippen molar-refractivity contribution in [1.29, 1.82) is 0 Å². The number of benzene rings is 1. The third kappa shape index (κ3) is 2.44. The maximum absolute atomic E-state index is 12.1. The van der Waals surface area contributed by atoms with Gasteiger partial charge in [0.1, 0.15) is 6.10 Å². The Morgan fingerprint density at radius 3 is 3.10 bits per heavy atom. The molecule has 2 heterocycles. The van der Waals surface area contributed by atoms with Gasteiger partial charge in [-0.15, -0.1) is 0 Å². The van der Waals surface area contributed by atoms with Crippen LogP contribution in [0.1, 0.15) is 24.0 Å². The first-order valence-corrected chi connectivity index (χ1v) is 6.91. The Bertz CT molecular complexity index is 604. The Morgan fingerprint density at radius 2 is 2.35 bits per heavy atom. The van der Waals surface area contributed by atoms with Crippen molar-refractivity contribution < 1.29 is 9.53 Å². The molecular weight excluding hydrogens is 276 g/mol. The zero-order valence-corrected chi connectivity index (χ0v) is 11.7. The number of carbonyl (C=O) groups is 1. The SMILES string of the molecule is C=C1NC=Cc2cc(NC(=O)[C@@H]3CCCO3)c(Cl)cc21. The van der Waals surface area contributed by atoms with Crippen molar-refractivity contribution in [3.63, 3.8) is 0 Å². The summed E-state index contributed by atoms with van der Waals surface area (Å²) in [7, 11) is 0. The van der Waals surface area contributed by atoms with E-state index in [0.717, 1.165) is 29.7 Å². The van der Waals surface area contributed by atoms with Crippen molar-refractivity contribution in [2.24, 2.45) is 0 Å². The van der Waals surface area contributed by atoms with Gasteiger partial charge >= 0.3 is 0 Å². The molecule has 1 fully saturated rings. The van der Waals surface area contributed by atoms with Crippen molar-refractivity contribution in [2.75, 3.05) is 11.9 Å². The van der Waals surface area contributed by atoms with Crippen LogP contribution in [0.5, 0.6) is 0 Å². The number of amides is 1. The van der Waals surface area contributed by atoms with Gasteiger partial charge in [0.2, 0.25) is 0 Å². The minimum Gasteiger partial charge on any atom is -0.368 e. The molecule has 0 aromatic heterocycles. The van der Waals surface area contributed by atoms with E-state index in [2.05, 4.69) is 17.2 Å². The Balaban J connectivity index is 1.85. The summed E-state index contributed by atoms with van der Waals surface area (Å²) in [5, 5.41) is 6.36. The Morgan fingerprint density at radius 1 is 1.50 bits per heavy atom. The lowest BCUT2D eigenvalue weighted by Gasteiger charge is -2.18. The van der Waals surface area contributed by atoms with Crippen molar-refractivity contribution in [3.05, 3.63) is 41.1 Å². The van der Waals surface area contributed by atoms with Crippen LogP contribution in [0.3, 0.4) is 0 Å². The van der Waals surface area contributed by atoms with E-state index in [1.807, 2.05) is 18.3 Å². The fourth-order valence-electron chi connectivity index (χ4n) is 2.39. The van der Waals surface area contributed by atoms with E-state index >= 15 is 0 Å². The fraction of sp³-hybridized carbons (Fsp3) is 0.267. The topological polar surface area (TPSA) is 50.4 Å². The summed E-state index contributed by atoms with van der Waals surface area (Å²) >= 11 is 6.23. The summed E-state index contributed by atoms with van der Waals surface area (Å²) < 4.78 is 5.36. The smallest absolute Gasteiger partial charge is 0.253 e. The Hall–Kier alpha value is -1.78. The van der Waals surface area contributed by atoms with Crippen molar-refractivity contribution in [2.45, 2.75) is 18.9 Å². The summed E-state index contributed by atoms with van der Waals surface area (Å²) in [5.74, 6) is -0.138. The molecule has 3 rings (SSSR count). The molecule has 1 saturated heterocycles. The lowest BCUT2D eigenvalue weighted by atomic mass is 10.0. The van der Waals surface area contributed by atoms with E-state index in [0.29, 0.717) is 17.3 Å². The first-order valence-electron chi connectivity index (χ1n) is 6.53. The maximum Gasteiger partial charge on any atom is 0.253 e. The van der Waals surface area contributed by atoms with E-state index in [-0.39, 0.29) is 12.0 Å². The van der Waals surface area contributed by atoms with Crippen LogP contribution in [0.4, 0.5) is 5.69 Å². The largest absolute Gasteiger partial charge is 0.368 e. The van der Waals surface area contributed by atoms with Gasteiger partial charge in [0.15, 0.2) is 0 Å². The molecule has 1 atom stereocenters. The van der Waals surface area contributed by atoms with Crippen molar-refractivity contribution in [1.82, 2.24) is 5.32 Å². The molecule has 0 unspecified atom stereocenters. The summed E-state index contributed by atoms with van der Waals surface area (Å²) in [6.07, 6.45) is 5.04. The lowest BCUT2D eigenvalue weighted by Crippen LogP contribution is -2.27.